The molecule has 0 aromatic carbocycles. The van der Waals surface area contributed by atoms with Crippen LogP contribution in [0.4, 0.5) is 0 Å². The maximum atomic E-state index is 12.9. The van der Waals surface area contributed by atoms with Gasteiger partial charge in [-0.05, 0) is 161 Å². The smallest absolute Gasteiger partial charge is 0.306 e. The van der Waals surface area contributed by atoms with Gasteiger partial charge in [0.25, 0.3) is 0 Å². The standard InChI is InChI=1S/C73H110O6/c1-4-7-10-13-16-19-22-25-27-28-29-30-31-32-33-34-35-36-37-38-39-40-41-42-43-44-46-48-51-54-57-60-63-66-72(75)78-69-70(68-77-71(74)65-62-59-56-53-50-47-24-21-18-15-12-9-6-3)79-73(76)67-64-61-58-55-52-49-45-26-23-20-17-14-11-8-5-2/h7-12,16-21,25-27,29-30,32-33,35-36,38-39,41-42,44-47,50-51,54,70H,4-6,13-15,22-24,28,31,34,37,40,43,48-49,52-53,55-69H2,1-3H3/b10-7-,11-8-,12-9-,19-16-,20-17-,21-18-,27-25-,30-29-,33-32-,36-35-,39-38-,42-41-,45-26-,46-44-,50-47-,54-51-. The van der Waals surface area contributed by atoms with E-state index in [0.717, 1.165) is 180 Å². The normalized spacial score (nSPS) is 13.5. The summed E-state index contributed by atoms with van der Waals surface area (Å²) < 4.78 is 16.8. The van der Waals surface area contributed by atoms with Crippen LogP contribution in [0, 0.1) is 0 Å². The van der Waals surface area contributed by atoms with Crippen molar-refractivity contribution in [2.75, 3.05) is 13.2 Å². The minimum absolute atomic E-state index is 0.124. The molecule has 0 spiro atoms. The first-order chi connectivity index (χ1) is 39.0. The Bertz CT molecular complexity index is 1920. The van der Waals surface area contributed by atoms with Crippen LogP contribution < -0.4 is 0 Å². The Morgan fingerprint density at radius 3 is 0.747 bits per heavy atom. The first-order valence-corrected chi connectivity index (χ1v) is 30.9. The largest absolute Gasteiger partial charge is 0.462 e. The number of esters is 3. The molecule has 0 amide bonds. The van der Waals surface area contributed by atoms with E-state index < -0.39 is 6.10 Å². The molecule has 0 bridgehead atoms. The SMILES string of the molecule is CC/C=C\C/C=C\C/C=C\C/C=C\C/C=C\C/C=C\C/C=C\C/C=C\C/C=C\C/C=C\CCCCC(=O)OCC(COC(=O)CCCCC/C=C\C/C=C\C/C=C\CC)OC(=O)CCCCCCC/C=C\C/C=C\C/C=C\CC. The molecule has 6 nitrogen and oxygen atoms in total. The van der Waals surface area contributed by atoms with Crippen molar-refractivity contribution >= 4 is 17.9 Å². The maximum absolute atomic E-state index is 12.9. The average Bonchev–Trinajstić information content (AvgIpc) is 3.45. The van der Waals surface area contributed by atoms with E-state index in [1.807, 2.05) is 0 Å². The van der Waals surface area contributed by atoms with Crippen molar-refractivity contribution in [3.05, 3.63) is 194 Å². The quantitative estimate of drug-likeness (QED) is 0.0261. The van der Waals surface area contributed by atoms with Gasteiger partial charge < -0.3 is 14.2 Å². The lowest BCUT2D eigenvalue weighted by molar-refractivity contribution is -0.167. The molecule has 0 aromatic rings. The summed E-state index contributed by atoms with van der Waals surface area (Å²) in [5.74, 6) is -1.03. The van der Waals surface area contributed by atoms with Crippen LogP contribution in [-0.2, 0) is 28.6 Å². The van der Waals surface area contributed by atoms with E-state index in [9.17, 15) is 14.4 Å². The van der Waals surface area contributed by atoms with E-state index in [2.05, 4.69) is 215 Å². The van der Waals surface area contributed by atoms with Crippen LogP contribution >= 0.6 is 0 Å². The molecule has 0 aliphatic carbocycles. The molecular formula is C73H110O6. The third-order valence-electron chi connectivity index (χ3n) is 12.1. The summed E-state index contributed by atoms with van der Waals surface area (Å²) in [4.78, 5) is 38.2. The van der Waals surface area contributed by atoms with Gasteiger partial charge >= 0.3 is 17.9 Å². The van der Waals surface area contributed by atoms with Gasteiger partial charge in [0.15, 0.2) is 6.10 Å². The summed E-state index contributed by atoms with van der Waals surface area (Å²) in [5, 5.41) is 0. The van der Waals surface area contributed by atoms with Crippen LogP contribution in [0.3, 0.4) is 0 Å². The highest BCUT2D eigenvalue weighted by atomic mass is 16.6. The Balaban J connectivity index is 4.43. The van der Waals surface area contributed by atoms with Crippen LogP contribution in [-0.4, -0.2) is 37.2 Å². The highest BCUT2D eigenvalue weighted by Crippen LogP contribution is 2.12. The van der Waals surface area contributed by atoms with Gasteiger partial charge in [0.1, 0.15) is 13.2 Å². The van der Waals surface area contributed by atoms with Gasteiger partial charge in [-0.15, -0.1) is 0 Å². The molecule has 0 saturated carbocycles. The van der Waals surface area contributed by atoms with Crippen LogP contribution in [0.15, 0.2) is 194 Å². The minimum atomic E-state index is -0.829. The Morgan fingerprint density at radius 2 is 0.456 bits per heavy atom. The molecule has 0 aliphatic heterocycles. The summed E-state index contributed by atoms with van der Waals surface area (Å²) in [6.07, 6.45) is 98.7. The van der Waals surface area contributed by atoms with Gasteiger partial charge in [-0.3, -0.25) is 14.4 Å². The molecular weight excluding hydrogens is 973 g/mol. The highest BCUT2D eigenvalue weighted by molar-refractivity contribution is 5.71. The molecule has 1 atom stereocenters. The predicted molar refractivity (Wildman–Crippen MR) is 343 cm³/mol. The van der Waals surface area contributed by atoms with E-state index in [0.29, 0.717) is 12.8 Å². The van der Waals surface area contributed by atoms with Gasteiger partial charge in [-0.1, -0.05) is 241 Å². The maximum Gasteiger partial charge on any atom is 0.306 e. The molecule has 0 N–H and O–H groups in total. The van der Waals surface area contributed by atoms with Crippen molar-refractivity contribution < 1.29 is 28.6 Å². The number of hydrogen-bond acceptors (Lipinski definition) is 6. The zero-order valence-electron chi connectivity index (χ0n) is 50.0. The molecule has 0 fully saturated rings. The Morgan fingerprint density at radius 1 is 0.253 bits per heavy atom. The molecule has 79 heavy (non-hydrogen) atoms. The van der Waals surface area contributed by atoms with E-state index >= 15 is 0 Å². The molecule has 1 unspecified atom stereocenters. The lowest BCUT2D eigenvalue weighted by Gasteiger charge is -2.18. The minimum Gasteiger partial charge on any atom is -0.462 e. The number of carbonyl (C=O) groups is 3. The van der Waals surface area contributed by atoms with Crippen molar-refractivity contribution in [2.24, 2.45) is 0 Å². The number of carbonyl (C=O) groups excluding carboxylic acids is 3. The second-order valence-corrected chi connectivity index (χ2v) is 19.5. The summed E-state index contributed by atoms with van der Waals surface area (Å²) in [6.45, 7) is 6.20. The molecule has 0 radical (unpaired) electrons. The molecule has 438 valence electrons. The lowest BCUT2D eigenvalue weighted by Crippen LogP contribution is -2.30. The Kier molecular flexibility index (Phi) is 60.1. The first-order valence-electron chi connectivity index (χ1n) is 30.9. The van der Waals surface area contributed by atoms with Crippen molar-refractivity contribution in [1.29, 1.82) is 0 Å². The summed E-state index contributed by atoms with van der Waals surface area (Å²) >= 11 is 0. The average molecular weight is 1080 g/mol. The highest BCUT2D eigenvalue weighted by Gasteiger charge is 2.19. The van der Waals surface area contributed by atoms with E-state index in [1.165, 1.54) is 0 Å². The number of ether oxygens (including phenoxy) is 3. The fourth-order valence-corrected chi connectivity index (χ4v) is 7.56. The van der Waals surface area contributed by atoms with Gasteiger partial charge in [0.2, 0.25) is 0 Å². The Labute approximate surface area is 484 Å². The molecule has 0 rings (SSSR count). The van der Waals surface area contributed by atoms with Crippen molar-refractivity contribution in [3.8, 4) is 0 Å². The second-order valence-electron chi connectivity index (χ2n) is 19.5. The van der Waals surface area contributed by atoms with Gasteiger partial charge in [0.05, 0.1) is 0 Å². The van der Waals surface area contributed by atoms with Gasteiger partial charge in [0, 0.05) is 19.3 Å². The molecule has 6 heteroatoms. The van der Waals surface area contributed by atoms with E-state index in [1.54, 1.807) is 0 Å². The number of allylic oxidation sites excluding steroid dienone is 32. The van der Waals surface area contributed by atoms with E-state index in [-0.39, 0.29) is 44.0 Å². The number of hydrogen-bond donors (Lipinski definition) is 0. The third-order valence-corrected chi connectivity index (χ3v) is 12.1. The zero-order valence-corrected chi connectivity index (χ0v) is 50.0. The summed E-state index contributed by atoms with van der Waals surface area (Å²) in [6, 6.07) is 0. The predicted octanol–water partition coefficient (Wildman–Crippen LogP) is 21.4. The van der Waals surface area contributed by atoms with Crippen LogP contribution in [0.25, 0.3) is 0 Å². The summed E-state index contributed by atoms with van der Waals surface area (Å²) in [7, 11) is 0. The molecule has 0 saturated heterocycles. The van der Waals surface area contributed by atoms with Crippen molar-refractivity contribution in [2.45, 2.75) is 232 Å². The van der Waals surface area contributed by atoms with Crippen LogP contribution in [0.5, 0.6) is 0 Å². The van der Waals surface area contributed by atoms with Gasteiger partial charge in [-0.25, -0.2) is 0 Å². The first kappa shape index (κ1) is 73.2. The lowest BCUT2D eigenvalue weighted by atomic mass is 10.1. The number of unbranched alkanes of at least 4 members (excludes halogenated alkanes) is 10. The van der Waals surface area contributed by atoms with Crippen LogP contribution in [0.1, 0.15) is 226 Å². The monoisotopic (exact) mass is 1080 g/mol. The molecule has 0 aliphatic rings. The Hall–Kier alpha value is -5.75. The molecule has 0 aromatic heterocycles. The third kappa shape index (κ3) is 63.0. The van der Waals surface area contributed by atoms with Crippen molar-refractivity contribution in [1.82, 2.24) is 0 Å². The van der Waals surface area contributed by atoms with E-state index in [4.69, 9.17) is 14.2 Å². The zero-order chi connectivity index (χ0) is 57.1. The summed E-state index contributed by atoms with van der Waals surface area (Å²) in [5.41, 5.74) is 0. The number of rotatable bonds is 53. The topological polar surface area (TPSA) is 78.9 Å². The molecule has 0 heterocycles. The fourth-order valence-electron chi connectivity index (χ4n) is 7.56. The fraction of sp³-hybridized carbons (Fsp3) is 0.521. The van der Waals surface area contributed by atoms with Crippen LogP contribution in [0.2, 0.25) is 0 Å². The second kappa shape index (κ2) is 64.8. The van der Waals surface area contributed by atoms with Gasteiger partial charge in [-0.2, -0.15) is 0 Å². The van der Waals surface area contributed by atoms with Crippen molar-refractivity contribution in [3.63, 3.8) is 0 Å².